The minimum Gasteiger partial charge on any atom is -0.270 e. The van der Waals surface area contributed by atoms with Gasteiger partial charge in [-0.2, -0.15) is 13.5 Å². The SMILES string of the molecule is COS(=O)(=O)c1ccc(-n2cccn2)cc1. The summed E-state index contributed by atoms with van der Waals surface area (Å²) in [6.45, 7) is 0. The van der Waals surface area contributed by atoms with Crippen LogP contribution in [0.3, 0.4) is 0 Å². The van der Waals surface area contributed by atoms with Crippen LogP contribution in [0.15, 0.2) is 47.6 Å². The highest BCUT2D eigenvalue weighted by Gasteiger charge is 2.12. The Balaban J connectivity index is 2.38. The van der Waals surface area contributed by atoms with Crippen LogP contribution >= 0.6 is 0 Å². The molecule has 0 atom stereocenters. The van der Waals surface area contributed by atoms with Crippen LogP contribution in [0.5, 0.6) is 0 Å². The summed E-state index contributed by atoms with van der Waals surface area (Å²) in [4.78, 5) is 0.130. The molecule has 1 heterocycles. The Bertz CT molecular complexity index is 559. The topological polar surface area (TPSA) is 61.2 Å². The molecule has 0 aliphatic carbocycles. The maximum absolute atomic E-state index is 11.4. The van der Waals surface area contributed by atoms with E-state index in [1.807, 2.05) is 0 Å². The first-order valence-corrected chi connectivity index (χ1v) is 5.95. The molecule has 6 heteroatoms. The molecule has 1 aromatic heterocycles. The third-order valence-corrected chi connectivity index (χ3v) is 3.40. The molecule has 0 saturated carbocycles. The lowest BCUT2D eigenvalue weighted by molar-refractivity contribution is 0.398. The van der Waals surface area contributed by atoms with Gasteiger partial charge >= 0.3 is 0 Å². The summed E-state index contributed by atoms with van der Waals surface area (Å²) in [6.07, 6.45) is 3.43. The summed E-state index contributed by atoms with van der Waals surface area (Å²) >= 11 is 0. The Kier molecular flexibility index (Phi) is 2.76. The van der Waals surface area contributed by atoms with Gasteiger partial charge in [0.15, 0.2) is 0 Å². The minimum absolute atomic E-state index is 0.130. The van der Waals surface area contributed by atoms with Crippen LogP contribution in [-0.2, 0) is 14.3 Å². The summed E-state index contributed by atoms with van der Waals surface area (Å²) < 4.78 is 28.8. The van der Waals surface area contributed by atoms with Crippen molar-refractivity contribution in [2.24, 2.45) is 0 Å². The van der Waals surface area contributed by atoms with E-state index in [1.54, 1.807) is 35.3 Å². The summed E-state index contributed by atoms with van der Waals surface area (Å²) in [5, 5.41) is 4.03. The third-order valence-electron chi connectivity index (χ3n) is 2.11. The number of nitrogens with zero attached hydrogens (tertiary/aromatic N) is 2. The fourth-order valence-corrected chi connectivity index (χ4v) is 1.95. The van der Waals surface area contributed by atoms with Crippen LogP contribution in [0, 0.1) is 0 Å². The van der Waals surface area contributed by atoms with E-state index >= 15 is 0 Å². The Morgan fingerprint density at radius 1 is 1.25 bits per heavy atom. The van der Waals surface area contributed by atoms with Gasteiger partial charge in [-0.05, 0) is 30.3 Å². The Labute approximate surface area is 93.4 Å². The van der Waals surface area contributed by atoms with Crippen molar-refractivity contribution in [3.05, 3.63) is 42.7 Å². The molecule has 16 heavy (non-hydrogen) atoms. The Morgan fingerprint density at radius 2 is 1.94 bits per heavy atom. The molecule has 0 bridgehead atoms. The molecule has 0 fully saturated rings. The molecule has 0 spiro atoms. The van der Waals surface area contributed by atoms with Crippen LogP contribution in [-0.4, -0.2) is 25.3 Å². The molecule has 2 rings (SSSR count). The van der Waals surface area contributed by atoms with Gasteiger partial charge in [-0.15, -0.1) is 0 Å². The number of hydrogen-bond donors (Lipinski definition) is 0. The molecule has 0 aliphatic rings. The molecule has 0 unspecified atom stereocenters. The Hall–Kier alpha value is -1.66. The molecule has 0 aliphatic heterocycles. The van der Waals surface area contributed by atoms with Gasteiger partial charge in [0.05, 0.1) is 17.7 Å². The molecular formula is C10H10N2O3S. The van der Waals surface area contributed by atoms with Crippen molar-refractivity contribution in [3.8, 4) is 5.69 Å². The van der Waals surface area contributed by atoms with E-state index in [0.717, 1.165) is 12.8 Å². The fourth-order valence-electron chi connectivity index (χ4n) is 1.28. The van der Waals surface area contributed by atoms with Crippen molar-refractivity contribution in [1.82, 2.24) is 9.78 Å². The van der Waals surface area contributed by atoms with Gasteiger partial charge in [-0.1, -0.05) is 0 Å². The quantitative estimate of drug-likeness (QED) is 0.754. The predicted molar refractivity (Wildman–Crippen MR) is 57.8 cm³/mol. The van der Waals surface area contributed by atoms with Crippen LogP contribution in [0.25, 0.3) is 5.69 Å². The van der Waals surface area contributed by atoms with Crippen LogP contribution in [0.4, 0.5) is 0 Å². The maximum Gasteiger partial charge on any atom is 0.296 e. The molecule has 0 radical (unpaired) electrons. The van der Waals surface area contributed by atoms with Gasteiger partial charge in [-0.3, -0.25) is 4.18 Å². The Morgan fingerprint density at radius 3 is 2.44 bits per heavy atom. The molecule has 84 valence electrons. The van der Waals surface area contributed by atoms with E-state index in [4.69, 9.17) is 0 Å². The average Bonchev–Trinajstić information content (AvgIpc) is 2.83. The highest BCUT2D eigenvalue weighted by Crippen LogP contribution is 2.14. The lowest BCUT2D eigenvalue weighted by Gasteiger charge is -2.03. The number of aromatic nitrogens is 2. The van der Waals surface area contributed by atoms with Crippen molar-refractivity contribution in [2.75, 3.05) is 7.11 Å². The second kappa shape index (κ2) is 4.07. The lowest BCUT2D eigenvalue weighted by Crippen LogP contribution is -2.03. The van der Waals surface area contributed by atoms with Gasteiger partial charge in [-0.25, -0.2) is 4.68 Å². The molecule has 1 aromatic carbocycles. The monoisotopic (exact) mass is 238 g/mol. The molecular weight excluding hydrogens is 228 g/mol. The van der Waals surface area contributed by atoms with Crippen molar-refractivity contribution < 1.29 is 12.6 Å². The van der Waals surface area contributed by atoms with Crippen molar-refractivity contribution in [2.45, 2.75) is 4.90 Å². The van der Waals surface area contributed by atoms with Gasteiger partial charge in [0.2, 0.25) is 0 Å². The van der Waals surface area contributed by atoms with Crippen LogP contribution < -0.4 is 0 Å². The molecule has 0 saturated heterocycles. The fraction of sp³-hybridized carbons (Fsp3) is 0.100. The third kappa shape index (κ3) is 1.98. The van der Waals surface area contributed by atoms with E-state index < -0.39 is 10.1 Å². The zero-order valence-electron chi connectivity index (χ0n) is 8.57. The van der Waals surface area contributed by atoms with Gasteiger partial charge in [0.1, 0.15) is 0 Å². The van der Waals surface area contributed by atoms with E-state index in [2.05, 4.69) is 9.28 Å². The van der Waals surface area contributed by atoms with Crippen molar-refractivity contribution in [1.29, 1.82) is 0 Å². The maximum atomic E-state index is 11.4. The summed E-state index contributed by atoms with van der Waals surface area (Å²) in [6, 6.07) is 8.09. The first-order chi connectivity index (χ1) is 7.63. The van der Waals surface area contributed by atoms with Gasteiger partial charge in [0.25, 0.3) is 10.1 Å². The first-order valence-electron chi connectivity index (χ1n) is 4.54. The zero-order chi connectivity index (χ0) is 11.6. The average molecular weight is 238 g/mol. The first kappa shape index (κ1) is 10.8. The molecule has 0 amide bonds. The largest absolute Gasteiger partial charge is 0.296 e. The van der Waals surface area contributed by atoms with E-state index in [0.29, 0.717) is 0 Å². The number of benzene rings is 1. The minimum atomic E-state index is -3.61. The van der Waals surface area contributed by atoms with Crippen LogP contribution in [0.2, 0.25) is 0 Å². The highest BCUT2D eigenvalue weighted by molar-refractivity contribution is 7.86. The lowest BCUT2D eigenvalue weighted by atomic mass is 10.3. The van der Waals surface area contributed by atoms with Crippen LogP contribution in [0.1, 0.15) is 0 Å². The second-order valence-corrected chi connectivity index (χ2v) is 4.78. The smallest absolute Gasteiger partial charge is 0.270 e. The highest BCUT2D eigenvalue weighted by atomic mass is 32.2. The zero-order valence-corrected chi connectivity index (χ0v) is 9.39. The molecule has 2 aromatic rings. The number of hydrogen-bond acceptors (Lipinski definition) is 4. The van der Waals surface area contributed by atoms with Gasteiger partial charge < -0.3 is 0 Å². The number of rotatable bonds is 3. The molecule has 5 nitrogen and oxygen atoms in total. The second-order valence-electron chi connectivity index (χ2n) is 3.07. The van der Waals surface area contributed by atoms with E-state index in [9.17, 15) is 8.42 Å². The van der Waals surface area contributed by atoms with Gasteiger partial charge in [0, 0.05) is 12.4 Å². The van der Waals surface area contributed by atoms with E-state index in [-0.39, 0.29) is 4.90 Å². The predicted octanol–water partition coefficient (Wildman–Crippen LogP) is 1.21. The summed E-state index contributed by atoms with van der Waals surface area (Å²) in [7, 11) is -2.48. The standard InChI is InChI=1S/C10H10N2O3S/c1-15-16(13,14)10-5-3-9(4-6-10)12-8-2-7-11-12/h2-8H,1H3. The van der Waals surface area contributed by atoms with Crippen molar-refractivity contribution in [3.63, 3.8) is 0 Å². The summed E-state index contributed by atoms with van der Waals surface area (Å²) in [5.74, 6) is 0. The summed E-state index contributed by atoms with van der Waals surface area (Å²) in [5.41, 5.74) is 0.792. The normalized spacial score (nSPS) is 11.6. The van der Waals surface area contributed by atoms with E-state index in [1.165, 1.54) is 12.1 Å². The van der Waals surface area contributed by atoms with Crippen molar-refractivity contribution >= 4 is 10.1 Å². The molecule has 0 N–H and O–H groups in total.